The molecule has 1 heterocycles. The van der Waals surface area contributed by atoms with Gasteiger partial charge in [-0.25, -0.2) is 4.39 Å². The van der Waals surface area contributed by atoms with Crippen molar-refractivity contribution in [3.63, 3.8) is 0 Å². The van der Waals surface area contributed by atoms with Crippen molar-refractivity contribution in [3.8, 4) is 0 Å². The quantitative estimate of drug-likeness (QED) is 0.867. The number of halogens is 1. The molecule has 0 aliphatic carbocycles. The fourth-order valence-corrected chi connectivity index (χ4v) is 2.81. The summed E-state index contributed by atoms with van der Waals surface area (Å²) >= 11 is 0. The fraction of sp³-hybridized carbons (Fsp3) is 0.533. The molecule has 0 aromatic heterocycles. The highest BCUT2D eigenvalue weighted by Crippen LogP contribution is 2.26. The van der Waals surface area contributed by atoms with Gasteiger partial charge >= 0.3 is 0 Å². The zero-order valence-electron chi connectivity index (χ0n) is 11.8. The number of hydrogen-bond acceptors (Lipinski definition) is 3. The smallest absolute Gasteiger partial charge is 0.216 e. The van der Waals surface area contributed by atoms with E-state index in [1.807, 2.05) is 6.07 Å². The van der Waals surface area contributed by atoms with Crippen LogP contribution >= 0.6 is 0 Å². The van der Waals surface area contributed by atoms with Gasteiger partial charge in [-0.2, -0.15) is 0 Å². The maximum Gasteiger partial charge on any atom is 0.216 e. The van der Waals surface area contributed by atoms with Crippen molar-refractivity contribution in [1.82, 2.24) is 10.2 Å². The summed E-state index contributed by atoms with van der Waals surface area (Å²) in [7, 11) is 0. The molecule has 0 bridgehead atoms. The first kappa shape index (κ1) is 14.9. The Labute approximate surface area is 119 Å². The number of piperidine rings is 1. The Morgan fingerprint density at radius 3 is 3.00 bits per heavy atom. The molecule has 1 aromatic carbocycles. The highest BCUT2D eigenvalue weighted by Gasteiger charge is 2.26. The van der Waals surface area contributed by atoms with Crippen LogP contribution in [0.2, 0.25) is 0 Å². The van der Waals surface area contributed by atoms with E-state index in [1.165, 1.54) is 13.0 Å². The summed E-state index contributed by atoms with van der Waals surface area (Å²) < 4.78 is 13.3. The predicted molar refractivity (Wildman–Crippen MR) is 76.9 cm³/mol. The summed E-state index contributed by atoms with van der Waals surface area (Å²) in [5.74, 6) is 0.0335. The maximum atomic E-state index is 13.3. The van der Waals surface area contributed by atoms with E-state index < -0.39 is 0 Å². The average molecular weight is 279 g/mol. The zero-order valence-corrected chi connectivity index (χ0v) is 11.8. The maximum absolute atomic E-state index is 13.3. The van der Waals surface area contributed by atoms with Crippen LogP contribution in [0, 0.1) is 5.82 Å². The number of hydrogen-bond donors (Lipinski definition) is 2. The van der Waals surface area contributed by atoms with Crippen molar-refractivity contribution in [3.05, 3.63) is 35.6 Å². The molecule has 0 spiro atoms. The van der Waals surface area contributed by atoms with Gasteiger partial charge in [0.2, 0.25) is 5.91 Å². The third kappa shape index (κ3) is 4.28. The lowest BCUT2D eigenvalue weighted by atomic mass is 9.88. The van der Waals surface area contributed by atoms with E-state index in [0.29, 0.717) is 6.54 Å². The van der Waals surface area contributed by atoms with Gasteiger partial charge < -0.3 is 11.1 Å². The average Bonchev–Trinajstić information content (AvgIpc) is 2.37. The lowest BCUT2D eigenvalue weighted by Crippen LogP contribution is -2.48. The van der Waals surface area contributed by atoms with E-state index in [4.69, 9.17) is 5.73 Å². The van der Waals surface area contributed by atoms with E-state index in [1.54, 1.807) is 12.1 Å². The van der Waals surface area contributed by atoms with Crippen LogP contribution in [0.25, 0.3) is 0 Å². The van der Waals surface area contributed by atoms with Gasteiger partial charge in [0.25, 0.3) is 0 Å². The van der Waals surface area contributed by atoms with E-state index in [0.717, 1.165) is 31.6 Å². The van der Waals surface area contributed by atoms with Crippen LogP contribution in [0.5, 0.6) is 0 Å². The molecule has 0 saturated carbocycles. The molecule has 1 aromatic rings. The van der Waals surface area contributed by atoms with Crippen LogP contribution in [0.15, 0.2) is 24.3 Å². The third-order valence-corrected chi connectivity index (χ3v) is 3.68. The van der Waals surface area contributed by atoms with E-state index >= 15 is 0 Å². The number of likely N-dealkylation sites (tertiary alicyclic amines) is 1. The number of nitrogens with zero attached hydrogens (tertiary/aromatic N) is 1. The van der Waals surface area contributed by atoms with Crippen LogP contribution in [-0.2, 0) is 4.79 Å². The van der Waals surface area contributed by atoms with E-state index in [9.17, 15) is 9.18 Å². The lowest BCUT2D eigenvalue weighted by molar-refractivity contribution is -0.119. The summed E-state index contributed by atoms with van der Waals surface area (Å²) in [6.45, 7) is 4.59. The molecule has 2 atom stereocenters. The minimum absolute atomic E-state index is 0.0204. The molecule has 2 unspecified atom stereocenters. The van der Waals surface area contributed by atoms with Gasteiger partial charge in [-0.15, -0.1) is 0 Å². The van der Waals surface area contributed by atoms with Crippen LogP contribution in [0.3, 0.4) is 0 Å². The topological polar surface area (TPSA) is 58.4 Å². The summed E-state index contributed by atoms with van der Waals surface area (Å²) in [4.78, 5) is 13.1. The molecule has 1 aliphatic rings. The van der Waals surface area contributed by atoms with Crippen LogP contribution in [0.4, 0.5) is 4.39 Å². The van der Waals surface area contributed by atoms with Crippen LogP contribution in [0.1, 0.15) is 24.8 Å². The second-order valence-electron chi connectivity index (χ2n) is 5.49. The molecule has 5 heteroatoms. The molecule has 1 fully saturated rings. The number of carbonyl (C=O) groups excluding carboxylic acids is 1. The Bertz CT molecular complexity index is 466. The molecule has 2 rings (SSSR count). The summed E-state index contributed by atoms with van der Waals surface area (Å²) in [5.41, 5.74) is 7.10. The van der Waals surface area contributed by atoms with Gasteiger partial charge in [0.05, 0.1) is 0 Å². The summed E-state index contributed by atoms with van der Waals surface area (Å²) in [6.07, 6.45) is 0.875. The van der Waals surface area contributed by atoms with E-state index in [-0.39, 0.29) is 23.7 Å². The number of carbonyl (C=O) groups is 1. The molecule has 4 nitrogen and oxygen atoms in total. The number of nitrogens with one attached hydrogen (secondary N) is 1. The molecule has 3 N–H and O–H groups in total. The molecule has 1 aliphatic heterocycles. The fourth-order valence-electron chi connectivity index (χ4n) is 2.81. The Balaban J connectivity index is 1.95. The first-order chi connectivity index (χ1) is 9.54. The second kappa shape index (κ2) is 6.81. The van der Waals surface area contributed by atoms with Gasteiger partial charge in [0.1, 0.15) is 5.82 Å². The van der Waals surface area contributed by atoms with Crippen molar-refractivity contribution < 1.29 is 9.18 Å². The monoisotopic (exact) mass is 279 g/mol. The van der Waals surface area contributed by atoms with Gasteiger partial charge in [0, 0.05) is 39.1 Å². The van der Waals surface area contributed by atoms with Crippen molar-refractivity contribution in [2.24, 2.45) is 5.73 Å². The predicted octanol–water partition coefficient (Wildman–Crippen LogP) is 1.08. The molecule has 110 valence electrons. The molecular formula is C15H22FN3O. The summed E-state index contributed by atoms with van der Waals surface area (Å²) in [5, 5.41) is 2.79. The van der Waals surface area contributed by atoms with E-state index in [2.05, 4.69) is 10.2 Å². The van der Waals surface area contributed by atoms with Gasteiger partial charge in [-0.1, -0.05) is 12.1 Å². The number of rotatable bonds is 4. The normalized spacial score (nSPS) is 23.6. The van der Waals surface area contributed by atoms with Crippen LogP contribution < -0.4 is 11.1 Å². The molecule has 1 amide bonds. The number of amides is 1. The highest BCUT2D eigenvalue weighted by molar-refractivity contribution is 5.72. The largest absolute Gasteiger partial charge is 0.355 e. The van der Waals surface area contributed by atoms with Crippen LogP contribution in [-0.4, -0.2) is 43.0 Å². The molecule has 1 saturated heterocycles. The molecule has 0 radical (unpaired) electrons. The Kier molecular flexibility index (Phi) is 5.09. The molecular weight excluding hydrogens is 257 g/mol. The summed E-state index contributed by atoms with van der Waals surface area (Å²) in [6, 6.07) is 6.84. The van der Waals surface area contributed by atoms with Crippen molar-refractivity contribution >= 4 is 5.91 Å². The minimum Gasteiger partial charge on any atom is -0.355 e. The second-order valence-corrected chi connectivity index (χ2v) is 5.49. The van der Waals surface area contributed by atoms with Gasteiger partial charge in [-0.05, 0) is 30.0 Å². The Morgan fingerprint density at radius 1 is 1.50 bits per heavy atom. The third-order valence-electron chi connectivity index (χ3n) is 3.68. The van der Waals surface area contributed by atoms with Crippen molar-refractivity contribution in [1.29, 1.82) is 0 Å². The highest BCUT2D eigenvalue weighted by atomic mass is 19.1. The van der Waals surface area contributed by atoms with Gasteiger partial charge in [0.15, 0.2) is 0 Å². The zero-order chi connectivity index (χ0) is 14.5. The SMILES string of the molecule is CC(=O)NCCN1CC(N)CC(c2cccc(F)c2)C1. The standard InChI is InChI=1S/C15H22FN3O/c1-11(20)18-5-6-19-9-13(8-15(17)10-19)12-3-2-4-14(16)7-12/h2-4,7,13,15H,5-6,8-10,17H2,1H3,(H,18,20). The number of nitrogens with two attached hydrogens (primary N) is 1. The first-order valence-electron chi connectivity index (χ1n) is 7.02. The minimum atomic E-state index is -0.202. The van der Waals surface area contributed by atoms with Crippen molar-refractivity contribution in [2.75, 3.05) is 26.2 Å². The van der Waals surface area contributed by atoms with Crippen molar-refractivity contribution in [2.45, 2.75) is 25.3 Å². The molecule has 20 heavy (non-hydrogen) atoms. The lowest BCUT2D eigenvalue weighted by Gasteiger charge is -2.36. The Hall–Kier alpha value is -1.46. The van der Waals surface area contributed by atoms with Gasteiger partial charge in [-0.3, -0.25) is 9.69 Å². The number of benzene rings is 1. The first-order valence-corrected chi connectivity index (χ1v) is 7.02. The Morgan fingerprint density at radius 2 is 2.30 bits per heavy atom.